The number of fused-ring (bicyclic) bond motifs is 1. The third kappa shape index (κ3) is 4.54. The average molecular weight is 427 g/mol. The van der Waals surface area contributed by atoms with Gasteiger partial charge in [-0.25, -0.2) is 5.43 Å². The molecule has 162 valence electrons. The minimum absolute atomic E-state index is 0.143. The molecule has 0 bridgehead atoms. The van der Waals surface area contributed by atoms with Crippen LogP contribution in [-0.2, 0) is 11.2 Å². The summed E-state index contributed by atoms with van der Waals surface area (Å²) in [7, 11) is 0. The van der Waals surface area contributed by atoms with Crippen LogP contribution in [0.1, 0.15) is 29.4 Å². The van der Waals surface area contributed by atoms with Crippen LogP contribution in [0.15, 0.2) is 72.0 Å². The molecule has 0 radical (unpaired) electrons. The van der Waals surface area contributed by atoms with Crippen molar-refractivity contribution >= 4 is 23.0 Å². The Kier molecular flexibility index (Phi) is 6.31. The number of carbonyl (C=O) groups is 1. The quantitative estimate of drug-likeness (QED) is 0.343. The van der Waals surface area contributed by atoms with Gasteiger partial charge in [-0.05, 0) is 56.2 Å². The number of hydrogen-bond acceptors (Lipinski definition) is 4. The Morgan fingerprint density at radius 1 is 1.12 bits per heavy atom. The molecule has 0 atom stereocenters. The van der Waals surface area contributed by atoms with Crippen LogP contribution >= 0.6 is 0 Å². The van der Waals surface area contributed by atoms with Crippen molar-refractivity contribution in [1.29, 1.82) is 0 Å². The molecule has 6 nitrogen and oxygen atoms in total. The van der Waals surface area contributed by atoms with Gasteiger partial charge in [0.15, 0.2) is 6.61 Å². The normalized spacial score (nSPS) is 11.2. The summed E-state index contributed by atoms with van der Waals surface area (Å²) in [6.07, 6.45) is 4.38. The first-order chi connectivity index (χ1) is 15.6. The molecule has 0 unspecified atom stereocenters. The number of nitrogens with zero attached hydrogens (tertiary/aromatic N) is 3. The van der Waals surface area contributed by atoms with E-state index in [1.54, 1.807) is 18.5 Å². The molecule has 2 heterocycles. The minimum Gasteiger partial charge on any atom is -0.481 e. The molecule has 0 spiro atoms. The molecule has 2 aromatic carbocycles. The fourth-order valence-corrected chi connectivity index (χ4v) is 3.74. The maximum absolute atomic E-state index is 12.2. The number of hydrogen-bond donors (Lipinski definition) is 1. The number of aromatic nitrogens is 2. The number of benzene rings is 2. The van der Waals surface area contributed by atoms with Crippen molar-refractivity contribution in [3.05, 3.63) is 89.4 Å². The highest BCUT2D eigenvalue weighted by Gasteiger charge is 2.10. The van der Waals surface area contributed by atoms with Crippen LogP contribution in [-0.4, -0.2) is 28.3 Å². The lowest BCUT2D eigenvalue weighted by atomic mass is 10.1. The Labute approximate surface area is 187 Å². The van der Waals surface area contributed by atoms with Crippen LogP contribution in [0, 0.1) is 13.8 Å². The van der Waals surface area contributed by atoms with Crippen LogP contribution in [0.4, 0.5) is 0 Å². The second kappa shape index (κ2) is 9.47. The topological polar surface area (TPSA) is 68.5 Å². The lowest BCUT2D eigenvalue weighted by Gasteiger charge is -2.10. The zero-order valence-corrected chi connectivity index (χ0v) is 18.5. The standard InChI is InChI=1S/C26H26N4O2/c1-4-20-10-12-23(13-11-20)30-18(2)15-22(19(30)3)16-28-29-25(31)17-32-24-9-5-7-21-8-6-14-27-26(21)24/h5-16H,4,17H2,1-3H3,(H,29,31)/b28-16-. The molecule has 0 saturated heterocycles. The summed E-state index contributed by atoms with van der Waals surface area (Å²) in [6.45, 7) is 6.10. The lowest BCUT2D eigenvalue weighted by molar-refractivity contribution is -0.123. The summed E-state index contributed by atoms with van der Waals surface area (Å²) in [5.41, 5.74) is 8.79. The highest BCUT2D eigenvalue weighted by molar-refractivity contribution is 5.86. The van der Waals surface area contributed by atoms with Crippen molar-refractivity contribution in [3.63, 3.8) is 0 Å². The van der Waals surface area contributed by atoms with Crippen molar-refractivity contribution < 1.29 is 9.53 Å². The molecule has 0 fully saturated rings. The predicted molar refractivity (Wildman–Crippen MR) is 128 cm³/mol. The molecular formula is C26H26N4O2. The molecular weight excluding hydrogens is 400 g/mol. The summed E-state index contributed by atoms with van der Waals surface area (Å²) in [5.74, 6) is 0.234. The number of pyridine rings is 1. The van der Waals surface area contributed by atoms with Gasteiger partial charge in [0, 0.05) is 34.2 Å². The van der Waals surface area contributed by atoms with Gasteiger partial charge < -0.3 is 9.30 Å². The van der Waals surface area contributed by atoms with Gasteiger partial charge in [0.25, 0.3) is 5.91 Å². The summed E-state index contributed by atoms with van der Waals surface area (Å²) in [5, 5.41) is 5.08. The zero-order chi connectivity index (χ0) is 22.5. The van der Waals surface area contributed by atoms with Crippen molar-refractivity contribution in [2.24, 2.45) is 5.10 Å². The smallest absolute Gasteiger partial charge is 0.277 e. The lowest BCUT2D eigenvalue weighted by Crippen LogP contribution is -2.24. The summed E-state index contributed by atoms with van der Waals surface area (Å²) >= 11 is 0. The maximum Gasteiger partial charge on any atom is 0.277 e. The first-order valence-electron chi connectivity index (χ1n) is 10.6. The van der Waals surface area contributed by atoms with Crippen molar-refractivity contribution in [1.82, 2.24) is 15.0 Å². The molecule has 4 aromatic rings. The van der Waals surface area contributed by atoms with E-state index in [4.69, 9.17) is 4.74 Å². The monoisotopic (exact) mass is 426 g/mol. The Morgan fingerprint density at radius 3 is 2.69 bits per heavy atom. The molecule has 1 N–H and O–H groups in total. The number of aryl methyl sites for hydroxylation is 2. The number of ether oxygens (including phenoxy) is 1. The molecule has 0 aliphatic heterocycles. The fourth-order valence-electron chi connectivity index (χ4n) is 3.74. The summed E-state index contributed by atoms with van der Waals surface area (Å²) < 4.78 is 7.83. The number of amides is 1. The fraction of sp³-hybridized carbons (Fsp3) is 0.192. The molecule has 0 saturated carbocycles. The highest BCUT2D eigenvalue weighted by atomic mass is 16.5. The van der Waals surface area contributed by atoms with E-state index >= 15 is 0 Å². The number of nitrogens with one attached hydrogen (secondary N) is 1. The predicted octanol–water partition coefficient (Wildman–Crippen LogP) is 4.73. The van der Waals surface area contributed by atoms with E-state index in [1.807, 2.05) is 31.2 Å². The van der Waals surface area contributed by atoms with Crippen LogP contribution in [0.3, 0.4) is 0 Å². The summed E-state index contributed by atoms with van der Waals surface area (Å²) in [4.78, 5) is 16.5. The SMILES string of the molecule is CCc1ccc(-n2c(C)cc(/C=N\NC(=O)COc3cccc4cccnc34)c2C)cc1. The van der Waals surface area contributed by atoms with Gasteiger partial charge in [-0.15, -0.1) is 0 Å². The van der Waals surface area contributed by atoms with Gasteiger partial charge in [-0.3, -0.25) is 9.78 Å². The minimum atomic E-state index is -0.335. The molecule has 4 rings (SSSR count). The highest BCUT2D eigenvalue weighted by Crippen LogP contribution is 2.23. The Balaban J connectivity index is 1.40. The van der Waals surface area contributed by atoms with E-state index < -0.39 is 0 Å². The molecule has 1 amide bonds. The summed E-state index contributed by atoms with van der Waals surface area (Å²) in [6, 6.07) is 20.0. The van der Waals surface area contributed by atoms with Gasteiger partial charge in [0.05, 0.1) is 6.21 Å². The second-order valence-electron chi connectivity index (χ2n) is 7.60. The second-order valence-corrected chi connectivity index (χ2v) is 7.60. The van der Waals surface area contributed by atoms with E-state index in [9.17, 15) is 4.79 Å². The van der Waals surface area contributed by atoms with E-state index in [-0.39, 0.29) is 12.5 Å². The number of rotatable bonds is 7. The van der Waals surface area contributed by atoms with E-state index in [0.29, 0.717) is 5.75 Å². The van der Waals surface area contributed by atoms with E-state index in [0.717, 1.165) is 40.0 Å². The van der Waals surface area contributed by atoms with Crippen molar-refractivity contribution in [2.45, 2.75) is 27.2 Å². The van der Waals surface area contributed by atoms with Crippen LogP contribution in [0.5, 0.6) is 5.75 Å². The zero-order valence-electron chi connectivity index (χ0n) is 18.5. The van der Waals surface area contributed by atoms with E-state index in [2.05, 4.69) is 64.3 Å². The number of carbonyl (C=O) groups excluding carboxylic acids is 1. The molecule has 0 aliphatic rings. The van der Waals surface area contributed by atoms with Crippen molar-refractivity contribution in [2.75, 3.05) is 6.61 Å². The van der Waals surface area contributed by atoms with Gasteiger partial charge in [0.1, 0.15) is 11.3 Å². The molecule has 2 aromatic heterocycles. The third-order valence-electron chi connectivity index (χ3n) is 5.42. The Morgan fingerprint density at radius 2 is 1.91 bits per heavy atom. The Bertz CT molecular complexity index is 1270. The number of hydrazone groups is 1. The molecule has 0 aliphatic carbocycles. The van der Waals surface area contributed by atoms with Crippen LogP contribution in [0.2, 0.25) is 0 Å². The first-order valence-corrected chi connectivity index (χ1v) is 10.6. The van der Waals surface area contributed by atoms with Gasteiger partial charge in [-0.2, -0.15) is 5.10 Å². The average Bonchev–Trinajstić information content (AvgIpc) is 3.10. The van der Waals surface area contributed by atoms with Gasteiger partial charge in [-0.1, -0.05) is 37.3 Å². The van der Waals surface area contributed by atoms with Crippen LogP contribution < -0.4 is 10.2 Å². The third-order valence-corrected chi connectivity index (χ3v) is 5.42. The Hall–Kier alpha value is -3.93. The van der Waals surface area contributed by atoms with Crippen LogP contribution in [0.25, 0.3) is 16.6 Å². The van der Waals surface area contributed by atoms with Gasteiger partial charge in [0.2, 0.25) is 0 Å². The van der Waals surface area contributed by atoms with Gasteiger partial charge >= 0.3 is 0 Å². The number of para-hydroxylation sites is 1. The first kappa shape index (κ1) is 21.3. The van der Waals surface area contributed by atoms with Crippen molar-refractivity contribution in [3.8, 4) is 11.4 Å². The maximum atomic E-state index is 12.2. The molecule has 6 heteroatoms. The largest absolute Gasteiger partial charge is 0.481 e. The van der Waals surface area contributed by atoms with E-state index in [1.165, 1.54) is 5.56 Å². The molecule has 32 heavy (non-hydrogen) atoms.